The van der Waals surface area contributed by atoms with E-state index in [0.29, 0.717) is 58.1 Å². The van der Waals surface area contributed by atoms with Crippen molar-refractivity contribution in [1.29, 1.82) is 0 Å². The summed E-state index contributed by atoms with van der Waals surface area (Å²) in [4.78, 5) is 45.5. The molecule has 0 N–H and O–H groups in total. The number of non-ortho nitro benzene ring substituents is 2. The van der Waals surface area contributed by atoms with Gasteiger partial charge in [0, 0.05) is 61.5 Å². The predicted octanol–water partition coefficient (Wildman–Crippen LogP) is 8.34. The van der Waals surface area contributed by atoms with E-state index in [1.807, 2.05) is 94.3 Å². The van der Waals surface area contributed by atoms with Gasteiger partial charge < -0.3 is 18.0 Å². The molecule has 0 saturated carbocycles. The van der Waals surface area contributed by atoms with Crippen LogP contribution in [-0.4, -0.2) is 19.0 Å². The van der Waals surface area contributed by atoms with Crippen LogP contribution < -0.4 is 11.3 Å². The fourth-order valence-electron chi connectivity index (χ4n) is 6.02. The van der Waals surface area contributed by atoms with Crippen LogP contribution in [0.5, 0.6) is 0 Å². The highest BCUT2D eigenvalue weighted by Crippen LogP contribution is 2.34. The number of furan rings is 2. The number of hydrogen-bond acceptors (Lipinski definition) is 8. The second kappa shape index (κ2) is 14.3. The Morgan fingerprint density at radius 2 is 1.06 bits per heavy atom. The van der Waals surface area contributed by atoms with Gasteiger partial charge in [-0.15, -0.1) is 0 Å². The minimum Gasteiger partial charge on any atom is -0.421 e. The molecule has 4 heterocycles. The van der Waals surface area contributed by atoms with Crippen molar-refractivity contribution in [1.82, 2.24) is 9.13 Å². The molecule has 0 spiro atoms. The predicted molar refractivity (Wildman–Crippen MR) is 194 cm³/mol. The molecule has 8 rings (SSSR count). The molecule has 4 aliphatic heterocycles. The molecular weight excluding hydrogens is 664 g/mol. The van der Waals surface area contributed by atoms with Crippen molar-refractivity contribution in [2.24, 2.45) is 0 Å². The number of pyridine rings is 2. The lowest BCUT2D eigenvalue weighted by Gasteiger charge is -2.13. The van der Waals surface area contributed by atoms with Gasteiger partial charge in [0.1, 0.15) is 0 Å². The number of hydrogen-bond donors (Lipinski definition) is 0. The highest BCUT2D eigenvalue weighted by molar-refractivity contribution is 5.82. The van der Waals surface area contributed by atoms with Crippen molar-refractivity contribution in [3.8, 4) is 45.0 Å². The number of nitrogens with zero attached hydrogens (tertiary/aromatic N) is 4. The Labute approximate surface area is 295 Å². The summed E-state index contributed by atoms with van der Waals surface area (Å²) in [6, 6.07) is 37.1. The maximum Gasteiger partial charge on any atom is 0.346 e. The monoisotopic (exact) mass is 692 g/mol. The average Bonchev–Trinajstić information content (AvgIpc) is 3.68. The summed E-state index contributed by atoms with van der Waals surface area (Å²) in [5.41, 5.74) is 4.66. The maximum atomic E-state index is 12.4. The van der Waals surface area contributed by atoms with Crippen LogP contribution in [0, 0.1) is 20.2 Å². The Hall–Kier alpha value is -7.34. The molecule has 0 saturated heterocycles. The van der Waals surface area contributed by atoms with Gasteiger partial charge in [-0.05, 0) is 64.7 Å². The van der Waals surface area contributed by atoms with Gasteiger partial charge in [-0.1, -0.05) is 60.7 Å². The number of nitro benzene ring substituents is 2. The van der Waals surface area contributed by atoms with Crippen molar-refractivity contribution in [3.63, 3.8) is 0 Å². The number of aromatic nitrogens is 2. The molecule has 4 aromatic rings. The van der Waals surface area contributed by atoms with Crippen molar-refractivity contribution >= 4 is 11.4 Å². The van der Waals surface area contributed by atoms with Gasteiger partial charge in [-0.2, -0.15) is 0 Å². The lowest BCUT2D eigenvalue weighted by molar-refractivity contribution is -0.385. The van der Waals surface area contributed by atoms with Gasteiger partial charge in [0.05, 0.1) is 26.7 Å². The smallest absolute Gasteiger partial charge is 0.346 e. The highest BCUT2D eigenvalue weighted by Gasteiger charge is 2.23. The average molecular weight is 693 g/mol. The zero-order chi connectivity index (χ0) is 36.2. The van der Waals surface area contributed by atoms with Gasteiger partial charge >= 0.3 is 11.3 Å². The second-order valence-electron chi connectivity index (χ2n) is 11.9. The number of nitro groups is 2. The van der Waals surface area contributed by atoms with E-state index in [0.717, 1.165) is 11.1 Å². The van der Waals surface area contributed by atoms with Gasteiger partial charge in [-0.3, -0.25) is 20.2 Å². The zero-order valence-electron chi connectivity index (χ0n) is 27.3. The van der Waals surface area contributed by atoms with Crippen molar-refractivity contribution in [3.05, 3.63) is 198 Å². The number of fused-ring (bicyclic) bond motifs is 2. The highest BCUT2D eigenvalue weighted by atomic mass is 16.6. The van der Waals surface area contributed by atoms with Crippen LogP contribution >= 0.6 is 0 Å². The topological polar surface area (TPSA) is 157 Å². The first-order valence-corrected chi connectivity index (χ1v) is 16.1. The molecule has 4 aromatic carbocycles. The molecule has 0 aliphatic carbocycles. The largest absolute Gasteiger partial charge is 0.421 e. The Morgan fingerprint density at radius 1 is 0.538 bits per heavy atom. The summed E-state index contributed by atoms with van der Waals surface area (Å²) in [6.45, 7) is 1.25. The third-order valence-corrected chi connectivity index (χ3v) is 8.47. The quantitative estimate of drug-likeness (QED) is 0.114. The van der Waals surface area contributed by atoms with E-state index in [1.54, 1.807) is 36.5 Å². The molecule has 52 heavy (non-hydrogen) atoms. The third kappa shape index (κ3) is 6.89. The van der Waals surface area contributed by atoms with Gasteiger partial charge in [0.2, 0.25) is 0 Å². The van der Waals surface area contributed by atoms with Crippen LogP contribution in [-0.2, 0) is 13.1 Å². The molecular formula is C40H28N4O8. The van der Waals surface area contributed by atoms with Crippen molar-refractivity contribution in [2.45, 2.75) is 13.1 Å². The van der Waals surface area contributed by atoms with Crippen LogP contribution in [0.2, 0.25) is 0 Å². The molecule has 256 valence electrons. The van der Waals surface area contributed by atoms with E-state index in [9.17, 15) is 29.8 Å². The first-order valence-electron chi connectivity index (χ1n) is 16.1. The minimum absolute atomic E-state index is 0.0188. The van der Waals surface area contributed by atoms with Crippen LogP contribution in [0.25, 0.3) is 45.0 Å². The van der Waals surface area contributed by atoms with E-state index >= 15 is 0 Å². The Morgan fingerprint density at radius 3 is 1.63 bits per heavy atom. The first-order chi connectivity index (χ1) is 25.2. The minimum atomic E-state index is -0.470. The van der Waals surface area contributed by atoms with E-state index in [4.69, 9.17) is 8.83 Å². The molecule has 0 amide bonds. The van der Waals surface area contributed by atoms with Gasteiger partial charge in [0.25, 0.3) is 11.4 Å². The zero-order valence-corrected chi connectivity index (χ0v) is 27.3. The van der Waals surface area contributed by atoms with Crippen LogP contribution in [0.15, 0.2) is 164 Å². The van der Waals surface area contributed by atoms with E-state index < -0.39 is 21.1 Å². The lowest BCUT2D eigenvalue weighted by atomic mass is 10.0. The second-order valence-corrected chi connectivity index (χ2v) is 11.9. The Bertz CT molecular complexity index is 2550. The Balaban J connectivity index is 0.000000162. The lowest BCUT2D eigenvalue weighted by Crippen LogP contribution is -2.06. The molecule has 0 unspecified atom stereocenters. The van der Waals surface area contributed by atoms with Crippen molar-refractivity contribution in [2.75, 3.05) is 0 Å². The molecule has 4 aliphatic rings. The fourth-order valence-corrected chi connectivity index (χ4v) is 6.02. The molecule has 0 atom stereocenters. The van der Waals surface area contributed by atoms with E-state index in [-0.39, 0.29) is 11.4 Å². The first kappa shape index (κ1) is 33.2. The molecule has 0 fully saturated rings. The van der Waals surface area contributed by atoms with Crippen LogP contribution in [0.1, 0.15) is 11.1 Å². The summed E-state index contributed by atoms with van der Waals surface area (Å²) in [7, 11) is 0. The van der Waals surface area contributed by atoms with Gasteiger partial charge in [0.15, 0.2) is 11.5 Å². The SMILES string of the molecule is O=c1oc2cccn(Cc3ccccc3)c-2c1-c1ccc([N+](=O)[O-])cc1.O=c1oc2cn(Cc3ccccc3)ccc-2c1-c1ccc([N+](=O)[O-])cc1. The number of benzene rings is 4. The molecule has 12 heteroatoms. The number of rotatable bonds is 8. The standard InChI is InChI=1S/2C20H14N2O4/c23-20-18(15-8-10-16(11-9-15)22(24)25)19-17(26-20)7-4-12-21(19)13-14-5-2-1-3-6-14;23-20-19(15-6-8-16(9-7-15)22(24)25)17-10-11-21(13-18(17)26-20)12-14-4-2-1-3-5-14/h1-12H,13H2;1-11,13H,12H2. The molecule has 0 aromatic heterocycles. The normalized spacial score (nSPS) is 10.9. The van der Waals surface area contributed by atoms with Crippen LogP contribution in [0.3, 0.4) is 0 Å². The third-order valence-electron chi connectivity index (χ3n) is 8.47. The maximum absolute atomic E-state index is 12.4. The van der Waals surface area contributed by atoms with Gasteiger partial charge in [-0.25, -0.2) is 9.59 Å². The van der Waals surface area contributed by atoms with Crippen molar-refractivity contribution < 1.29 is 18.7 Å². The summed E-state index contributed by atoms with van der Waals surface area (Å²) in [6.07, 6.45) is 5.57. The summed E-state index contributed by atoms with van der Waals surface area (Å²) >= 11 is 0. The molecule has 12 nitrogen and oxygen atoms in total. The van der Waals surface area contributed by atoms with E-state index in [2.05, 4.69) is 0 Å². The van der Waals surface area contributed by atoms with Crippen LogP contribution in [0.4, 0.5) is 11.4 Å². The van der Waals surface area contributed by atoms with E-state index in [1.165, 1.54) is 24.3 Å². The molecule has 0 radical (unpaired) electrons. The molecule has 0 bridgehead atoms. The summed E-state index contributed by atoms with van der Waals surface area (Å²) in [5.74, 6) is 0.976. The fraction of sp³-hybridized carbons (Fsp3) is 0.0500. The summed E-state index contributed by atoms with van der Waals surface area (Å²) < 4.78 is 14.7. The summed E-state index contributed by atoms with van der Waals surface area (Å²) in [5, 5.41) is 21.6. The Kier molecular flexibility index (Phi) is 9.09.